The van der Waals surface area contributed by atoms with Gasteiger partial charge >= 0.3 is 0 Å². The van der Waals surface area contributed by atoms with Crippen LogP contribution in [0.2, 0.25) is 0 Å². The third-order valence-corrected chi connectivity index (χ3v) is 4.58. The first-order valence-electron chi connectivity index (χ1n) is 8.35. The molecule has 2 aliphatic rings. The lowest BCUT2D eigenvalue weighted by Crippen LogP contribution is -2.39. The van der Waals surface area contributed by atoms with Crippen molar-refractivity contribution < 1.29 is 9.47 Å². The van der Waals surface area contributed by atoms with E-state index in [1.165, 1.54) is 5.57 Å². The zero-order chi connectivity index (χ0) is 16.5. The van der Waals surface area contributed by atoms with Gasteiger partial charge in [0.05, 0.1) is 13.7 Å². The van der Waals surface area contributed by atoms with Gasteiger partial charge in [0.1, 0.15) is 29.8 Å². The predicted octanol–water partition coefficient (Wildman–Crippen LogP) is 1.98. The van der Waals surface area contributed by atoms with Gasteiger partial charge in [-0.1, -0.05) is 0 Å². The van der Waals surface area contributed by atoms with Crippen LogP contribution in [0.4, 0.5) is 0 Å². The number of methoxy groups -OCH3 is 1. The van der Waals surface area contributed by atoms with Crippen molar-refractivity contribution in [3.63, 3.8) is 0 Å². The molecule has 0 spiro atoms. The minimum absolute atomic E-state index is 0.428. The second-order valence-electron chi connectivity index (χ2n) is 6.37. The second-order valence-corrected chi connectivity index (χ2v) is 6.37. The molecule has 0 radical (unpaired) electrons. The van der Waals surface area contributed by atoms with E-state index in [2.05, 4.69) is 21.5 Å². The normalized spacial score (nSPS) is 19.1. The number of hydrogen-bond acceptors (Lipinski definition) is 5. The molecule has 0 aliphatic carbocycles. The van der Waals surface area contributed by atoms with E-state index >= 15 is 0 Å². The Morgan fingerprint density at radius 3 is 3.21 bits per heavy atom. The Bertz CT molecular complexity index is 781. The van der Waals surface area contributed by atoms with Gasteiger partial charge in [0.15, 0.2) is 0 Å². The standard InChI is InChI=1S/C18H22N4O2/c1-12-20-18-6-4-15(10-22(18)21-12)19-9-13-7-14-3-5-16(23-2)8-17(14)24-11-13/h3,5,7-8,15,19H,4,6,9-11H2,1-2H3/t15-/m1/s1. The lowest BCUT2D eigenvalue weighted by Gasteiger charge is -2.25. The van der Waals surface area contributed by atoms with Crippen molar-refractivity contribution in [2.45, 2.75) is 32.4 Å². The monoisotopic (exact) mass is 326 g/mol. The summed E-state index contributed by atoms with van der Waals surface area (Å²) in [4.78, 5) is 4.46. The van der Waals surface area contributed by atoms with Gasteiger partial charge in [-0.2, -0.15) is 5.10 Å². The second kappa shape index (κ2) is 6.28. The van der Waals surface area contributed by atoms with Crippen molar-refractivity contribution in [3.05, 3.63) is 41.0 Å². The van der Waals surface area contributed by atoms with Crippen molar-refractivity contribution in [1.82, 2.24) is 20.1 Å². The van der Waals surface area contributed by atoms with Crippen LogP contribution in [0.15, 0.2) is 23.8 Å². The number of ether oxygens (including phenoxy) is 2. The van der Waals surface area contributed by atoms with Crippen LogP contribution in [0.5, 0.6) is 11.5 Å². The number of aryl methyl sites for hydroxylation is 2. The summed E-state index contributed by atoms with van der Waals surface area (Å²) in [5.74, 6) is 3.68. The van der Waals surface area contributed by atoms with Crippen LogP contribution in [0.1, 0.15) is 23.6 Å². The van der Waals surface area contributed by atoms with Crippen LogP contribution >= 0.6 is 0 Å². The summed E-state index contributed by atoms with van der Waals surface area (Å²) in [6.45, 7) is 4.29. The van der Waals surface area contributed by atoms with Crippen molar-refractivity contribution in [2.24, 2.45) is 0 Å². The van der Waals surface area contributed by atoms with Crippen LogP contribution in [0.3, 0.4) is 0 Å². The Kier molecular flexibility index (Phi) is 3.98. The van der Waals surface area contributed by atoms with Crippen LogP contribution in [0, 0.1) is 6.92 Å². The Morgan fingerprint density at radius 1 is 1.42 bits per heavy atom. The maximum atomic E-state index is 5.86. The highest BCUT2D eigenvalue weighted by Crippen LogP contribution is 2.30. The van der Waals surface area contributed by atoms with E-state index in [1.807, 2.05) is 29.8 Å². The largest absolute Gasteiger partial charge is 0.497 e. The van der Waals surface area contributed by atoms with E-state index in [-0.39, 0.29) is 0 Å². The van der Waals surface area contributed by atoms with Crippen LogP contribution in [-0.2, 0) is 13.0 Å². The van der Waals surface area contributed by atoms with E-state index in [1.54, 1.807) is 7.11 Å². The molecule has 0 unspecified atom stereocenters. The smallest absolute Gasteiger partial charge is 0.147 e. The summed E-state index contributed by atoms with van der Waals surface area (Å²) < 4.78 is 13.1. The highest BCUT2D eigenvalue weighted by molar-refractivity contribution is 5.63. The van der Waals surface area contributed by atoms with Gasteiger partial charge < -0.3 is 14.8 Å². The van der Waals surface area contributed by atoms with Crippen LogP contribution in [-0.4, -0.2) is 41.1 Å². The summed E-state index contributed by atoms with van der Waals surface area (Å²) in [5, 5.41) is 8.09. The Morgan fingerprint density at radius 2 is 2.33 bits per heavy atom. The highest BCUT2D eigenvalue weighted by atomic mass is 16.5. The molecule has 0 bridgehead atoms. The molecular formula is C18H22N4O2. The fourth-order valence-electron chi connectivity index (χ4n) is 3.30. The summed E-state index contributed by atoms with van der Waals surface area (Å²) in [7, 11) is 1.67. The van der Waals surface area contributed by atoms with Crippen LogP contribution < -0.4 is 14.8 Å². The molecule has 6 nitrogen and oxygen atoms in total. The van der Waals surface area contributed by atoms with Crippen LogP contribution in [0.25, 0.3) is 6.08 Å². The van der Waals surface area contributed by atoms with Gasteiger partial charge in [-0.15, -0.1) is 0 Å². The zero-order valence-corrected chi connectivity index (χ0v) is 14.1. The molecule has 2 aromatic rings. The molecule has 24 heavy (non-hydrogen) atoms. The number of nitrogens with zero attached hydrogens (tertiary/aromatic N) is 3. The first kappa shape index (κ1) is 15.2. The van der Waals surface area contributed by atoms with Crippen molar-refractivity contribution in [2.75, 3.05) is 20.3 Å². The molecule has 1 atom stereocenters. The molecule has 0 saturated heterocycles. The van der Waals surface area contributed by atoms with E-state index in [9.17, 15) is 0 Å². The third-order valence-electron chi connectivity index (χ3n) is 4.58. The molecular weight excluding hydrogens is 304 g/mol. The third kappa shape index (κ3) is 3.01. The van der Waals surface area contributed by atoms with Gasteiger partial charge in [-0.3, -0.25) is 0 Å². The zero-order valence-electron chi connectivity index (χ0n) is 14.1. The number of nitrogens with one attached hydrogen (secondary N) is 1. The van der Waals surface area contributed by atoms with Gasteiger partial charge in [0.25, 0.3) is 0 Å². The summed E-state index contributed by atoms with van der Waals surface area (Å²) in [6, 6.07) is 6.37. The first-order valence-corrected chi connectivity index (χ1v) is 8.35. The molecule has 1 aromatic carbocycles. The van der Waals surface area contributed by atoms with Crippen molar-refractivity contribution in [1.29, 1.82) is 0 Å². The number of rotatable bonds is 4. The summed E-state index contributed by atoms with van der Waals surface area (Å²) in [5.41, 5.74) is 2.37. The number of fused-ring (bicyclic) bond motifs is 2. The quantitative estimate of drug-likeness (QED) is 0.931. The van der Waals surface area contributed by atoms with E-state index in [4.69, 9.17) is 9.47 Å². The highest BCUT2D eigenvalue weighted by Gasteiger charge is 2.21. The molecule has 6 heteroatoms. The molecule has 0 amide bonds. The Balaban J connectivity index is 1.39. The molecule has 4 rings (SSSR count). The molecule has 2 aliphatic heterocycles. The summed E-state index contributed by atoms with van der Waals surface area (Å²) in [6.07, 6.45) is 4.29. The molecule has 126 valence electrons. The van der Waals surface area contributed by atoms with E-state index in [0.29, 0.717) is 12.6 Å². The molecule has 3 heterocycles. The van der Waals surface area contributed by atoms with Gasteiger partial charge in [0, 0.05) is 30.6 Å². The fraction of sp³-hybridized carbons (Fsp3) is 0.444. The number of aromatic nitrogens is 3. The molecule has 1 aromatic heterocycles. The lowest BCUT2D eigenvalue weighted by molar-refractivity contribution is 0.327. The topological polar surface area (TPSA) is 61.2 Å². The van der Waals surface area contributed by atoms with Gasteiger partial charge in [-0.05, 0) is 37.1 Å². The van der Waals surface area contributed by atoms with Gasteiger partial charge in [-0.25, -0.2) is 9.67 Å². The van der Waals surface area contributed by atoms with E-state index < -0.39 is 0 Å². The molecule has 0 fully saturated rings. The van der Waals surface area contributed by atoms with E-state index in [0.717, 1.165) is 54.6 Å². The molecule has 1 N–H and O–H groups in total. The molecule has 0 saturated carbocycles. The maximum Gasteiger partial charge on any atom is 0.147 e. The SMILES string of the molecule is COc1ccc2c(c1)OCC(CN[C@@H]1CCc3nc(C)nn3C1)=C2. The summed E-state index contributed by atoms with van der Waals surface area (Å²) >= 11 is 0. The minimum Gasteiger partial charge on any atom is -0.497 e. The Hall–Kier alpha value is -2.34. The average Bonchev–Trinajstić information content (AvgIpc) is 2.98. The number of benzene rings is 1. The minimum atomic E-state index is 0.428. The fourth-order valence-corrected chi connectivity index (χ4v) is 3.30. The van der Waals surface area contributed by atoms with Crippen molar-refractivity contribution >= 4 is 6.08 Å². The predicted molar refractivity (Wildman–Crippen MR) is 91.3 cm³/mol. The average molecular weight is 326 g/mol. The lowest BCUT2D eigenvalue weighted by atomic mass is 10.0. The van der Waals surface area contributed by atoms with Gasteiger partial charge in [0.2, 0.25) is 0 Å². The number of hydrogen-bond donors (Lipinski definition) is 1. The maximum absolute atomic E-state index is 5.86. The Labute approximate surface area is 141 Å². The van der Waals surface area contributed by atoms with Crippen molar-refractivity contribution in [3.8, 4) is 11.5 Å². The first-order chi connectivity index (χ1) is 11.7.